The van der Waals surface area contributed by atoms with E-state index in [4.69, 9.17) is 0 Å². The van der Waals surface area contributed by atoms with Crippen LogP contribution < -0.4 is 0 Å². The Morgan fingerprint density at radius 2 is 2.08 bits per heavy atom. The number of hydrogen-bond acceptors (Lipinski definition) is 1. The van der Waals surface area contributed by atoms with Crippen LogP contribution in [0.3, 0.4) is 0 Å². The third kappa shape index (κ3) is 0.900. The zero-order valence-electron chi connectivity index (χ0n) is 7.00. The van der Waals surface area contributed by atoms with Crippen molar-refractivity contribution in [3.8, 4) is 0 Å². The molecule has 2 rings (SSSR count). The fourth-order valence-electron chi connectivity index (χ4n) is 1.59. The zero-order chi connectivity index (χ0) is 8.55. The normalized spacial score (nSPS) is 18.4. The Bertz CT molecular complexity index is 361. The van der Waals surface area contributed by atoms with Gasteiger partial charge in [0.1, 0.15) is 0 Å². The van der Waals surface area contributed by atoms with Gasteiger partial charge in [-0.15, -0.1) is 0 Å². The minimum Gasteiger partial charge on any atom is -0.289 e. The minimum absolute atomic E-state index is 0.202. The van der Waals surface area contributed by atoms with Crippen molar-refractivity contribution in [3.63, 3.8) is 0 Å². The van der Waals surface area contributed by atoms with Crippen molar-refractivity contribution < 1.29 is 4.79 Å². The van der Waals surface area contributed by atoms with E-state index in [2.05, 4.69) is 0 Å². The van der Waals surface area contributed by atoms with Gasteiger partial charge in [-0.25, -0.2) is 0 Å². The van der Waals surface area contributed by atoms with E-state index in [0.717, 1.165) is 23.1 Å². The molecule has 0 spiro atoms. The summed E-state index contributed by atoms with van der Waals surface area (Å²) in [4.78, 5) is 11.6. The third-order valence-electron chi connectivity index (χ3n) is 2.28. The lowest BCUT2D eigenvalue weighted by Gasteiger charge is -1.91. The highest BCUT2D eigenvalue weighted by atomic mass is 16.1. The highest BCUT2D eigenvalue weighted by Gasteiger charge is 2.22. The average Bonchev–Trinajstić information content (AvgIpc) is 2.44. The molecule has 1 nitrogen and oxygen atoms in total. The van der Waals surface area contributed by atoms with Gasteiger partial charge in [-0.2, -0.15) is 0 Å². The van der Waals surface area contributed by atoms with E-state index in [9.17, 15) is 4.79 Å². The number of carbonyl (C=O) groups excluding carboxylic acids is 1. The Balaban J connectivity index is 2.56. The molecule has 1 aromatic rings. The highest BCUT2D eigenvalue weighted by Crippen LogP contribution is 2.25. The molecular formula is C11H10O. The van der Waals surface area contributed by atoms with Crippen LogP contribution in [0, 0.1) is 0 Å². The Morgan fingerprint density at radius 1 is 1.33 bits per heavy atom. The summed E-state index contributed by atoms with van der Waals surface area (Å²) in [5.41, 5.74) is 2.97. The van der Waals surface area contributed by atoms with Crippen LogP contribution in [0.15, 0.2) is 35.9 Å². The summed E-state index contributed by atoms with van der Waals surface area (Å²) < 4.78 is 0. The molecule has 0 heterocycles. The van der Waals surface area contributed by atoms with E-state index in [0.29, 0.717) is 0 Å². The molecule has 0 aliphatic heterocycles. The number of benzene rings is 1. The van der Waals surface area contributed by atoms with Crippen LogP contribution in [0.5, 0.6) is 0 Å². The van der Waals surface area contributed by atoms with Crippen LogP contribution in [0.2, 0.25) is 0 Å². The molecular weight excluding hydrogens is 148 g/mol. The van der Waals surface area contributed by atoms with Crippen molar-refractivity contribution in [2.75, 3.05) is 0 Å². The predicted octanol–water partition coefficient (Wildman–Crippen LogP) is 2.37. The fraction of sp³-hybridized carbons (Fsp3) is 0.182. The molecule has 0 fully saturated rings. The molecule has 1 aliphatic carbocycles. The largest absolute Gasteiger partial charge is 0.289 e. The maximum absolute atomic E-state index is 11.6. The van der Waals surface area contributed by atoms with E-state index in [1.165, 1.54) is 0 Å². The van der Waals surface area contributed by atoms with Gasteiger partial charge in [-0.1, -0.05) is 30.3 Å². The zero-order valence-corrected chi connectivity index (χ0v) is 7.00. The maximum atomic E-state index is 11.6. The second-order valence-corrected chi connectivity index (χ2v) is 2.98. The molecule has 0 amide bonds. The number of Topliss-reactive ketones (excluding diaryl/α,β-unsaturated/α-hetero) is 1. The topological polar surface area (TPSA) is 17.1 Å². The second kappa shape index (κ2) is 2.59. The lowest BCUT2D eigenvalue weighted by Crippen LogP contribution is -1.93. The predicted molar refractivity (Wildman–Crippen MR) is 48.2 cm³/mol. The number of carbonyl (C=O) groups is 1. The van der Waals surface area contributed by atoms with Gasteiger partial charge in [0.2, 0.25) is 0 Å². The molecule has 0 radical (unpaired) electrons. The van der Waals surface area contributed by atoms with Crippen molar-refractivity contribution in [3.05, 3.63) is 47.0 Å². The minimum atomic E-state index is 0.202. The molecule has 1 heteroatoms. The Hall–Kier alpha value is -1.37. The first-order valence-electron chi connectivity index (χ1n) is 4.10. The molecule has 1 aromatic carbocycles. The molecule has 60 valence electrons. The van der Waals surface area contributed by atoms with Crippen LogP contribution in [-0.4, -0.2) is 5.78 Å². The first-order valence-corrected chi connectivity index (χ1v) is 4.10. The van der Waals surface area contributed by atoms with E-state index in [1.54, 1.807) is 0 Å². The molecule has 12 heavy (non-hydrogen) atoms. The first kappa shape index (κ1) is 7.29. The van der Waals surface area contributed by atoms with Gasteiger partial charge >= 0.3 is 0 Å². The first-order chi connectivity index (χ1) is 5.83. The molecule has 0 bridgehead atoms. The van der Waals surface area contributed by atoms with Crippen LogP contribution in [0.1, 0.15) is 22.8 Å². The molecule has 1 aliphatic rings. The smallest absolute Gasteiger partial charge is 0.189 e. The summed E-state index contributed by atoms with van der Waals surface area (Å²) in [6, 6.07) is 7.80. The van der Waals surface area contributed by atoms with Gasteiger partial charge in [-0.05, 0) is 12.5 Å². The van der Waals surface area contributed by atoms with E-state index in [1.807, 2.05) is 37.3 Å². The van der Waals surface area contributed by atoms with Crippen molar-refractivity contribution in [2.24, 2.45) is 0 Å². The Labute approximate surface area is 71.7 Å². The molecule has 0 aromatic heterocycles. The third-order valence-corrected chi connectivity index (χ3v) is 2.28. The van der Waals surface area contributed by atoms with E-state index >= 15 is 0 Å². The second-order valence-electron chi connectivity index (χ2n) is 2.98. The fourth-order valence-corrected chi connectivity index (χ4v) is 1.59. The molecule has 0 N–H and O–H groups in total. The summed E-state index contributed by atoms with van der Waals surface area (Å²) >= 11 is 0. The van der Waals surface area contributed by atoms with Gasteiger partial charge in [-0.3, -0.25) is 4.79 Å². The Morgan fingerprint density at radius 3 is 2.75 bits per heavy atom. The van der Waals surface area contributed by atoms with Crippen molar-refractivity contribution in [2.45, 2.75) is 13.3 Å². The average molecular weight is 158 g/mol. The van der Waals surface area contributed by atoms with E-state index < -0.39 is 0 Å². The summed E-state index contributed by atoms with van der Waals surface area (Å²) in [5, 5.41) is 0. The van der Waals surface area contributed by atoms with Gasteiger partial charge in [0, 0.05) is 17.6 Å². The van der Waals surface area contributed by atoms with Crippen LogP contribution in [0.25, 0.3) is 0 Å². The summed E-state index contributed by atoms with van der Waals surface area (Å²) in [7, 11) is 0. The van der Waals surface area contributed by atoms with Crippen molar-refractivity contribution in [1.29, 1.82) is 0 Å². The molecule has 0 atom stereocenters. The standard InChI is InChI=1S/C11H10O/c1-2-8-7-9-5-3-4-6-10(9)11(8)12/h2-6H,7H2,1H3. The van der Waals surface area contributed by atoms with Gasteiger partial charge < -0.3 is 0 Å². The summed E-state index contributed by atoms with van der Waals surface area (Å²) in [6.07, 6.45) is 2.72. The van der Waals surface area contributed by atoms with Crippen LogP contribution in [0.4, 0.5) is 0 Å². The summed E-state index contributed by atoms with van der Waals surface area (Å²) in [6.45, 7) is 1.92. The molecule has 0 unspecified atom stereocenters. The van der Waals surface area contributed by atoms with Gasteiger partial charge in [0.15, 0.2) is 5.78 Å². The summed E-state index contributed by atoms with van der Waals surface area (Å²) in [5.74, 6) is 0.202. The van der Waals surface area contributed by atoms with Crippen LogP contribution in [-0.2, 0) is 6.42 Å². The van der Waals surface area contributed by atoms with Gasteiger partial charge in [0.25, 0.3) is 0 Å². The van der Waals surface area contributed by atoms with Crippen molar-refractivity contribution in [1.82, 2.24) is 0 Å². The van der Waals surface area contributed by atoms with Crippen LogP contribution >= 0.6 is 0 Å². The number of hydrogen-bond donors (Lipinski definition) is 0. The number of allylic oxidation sites excluding steroid dienone is 2. The number of ketones is 1. The Kier molecular flexibility index (Phi) is 1.58. The number of fused-ring (bicyclic) bond motifs is 1. The molecule has 0 saturated heterocycles. The number of rotatable bonds is 0. The monoisotopic (exact) mass is 158 g/mol. The maximum Gasteiger partial charge on any atom is 0.189 e. The SMILES string of the molecule is CC=C1Cc2ccccc2C1=O. The molecule has 0 saturated carbocycles. The van der Waals surface area contributed by atoms with Crippen molar-refractivity contribution >= 4 is 5.78 Å². The quantitative estimate of drug-likeness (QED) is 0.530. The lowest BCUT2D eigenvalue weighted by molar-refractivity contribution is 0.103. The highest BCUT2D eigenvalue weighted by molar-refractivity contribution is 6.13. The lowest BCUT2D eigenvalue weighted by atomic mass is 10.1. The van der Waals surface area contributed by atoms with Gasteiger partial charge in [0.05, 0.1) is 0 Å². The van der Waals surface area contributed by atoms with E-state index in [-0.39, 0.29) is 5.78 Å².